The smallest absolute Gasteiger partial charge is 0.168 e. The van der Waals surface area contributed by atoms with E-state index in [1.54, 1.807) is 24.4 Å². The highest BCUT2D eigenvalue weighted by Gasteiger charge is 2.17. The summed E-state index contributed by atoms with van der Waals surface area (Å²) in [7, 11) is 0. The zero-order chi connectivity index (χ0) is 42.3. The molecule has 0 radical (unpaired) electrons. The summed E-state index contributed by atoms with van der Waals surface area (Å²) in [6.07, 6.45) is 2.52. The van der Waals surface area contributed by atoms with Crippen molar-refractivity contribution in [2.75, 3.05) is 5.73 Å². The van der Waals surface area contributed by atoms with Crippen molar-refractivity contribution in [3.8, 4) is 33.8 Å². The van der Waals surface area contributed by atoms with Crippen molar-refractivity contribution in [1.29, 1.82) is 0 Å². The molecule has 2 aromatic heterocycles. The number of pyridine rings is 2. The van der Waals surface area contributed by atoms with Gasteiger partial charge in [-0.1, -0.05) is 133 Å². The van der Waals surface area contributed by atoms with E-state index in [2.05, 4.69) is 40.3 Å². The number of fused-ring (bicyclic) bond motifs is 4. The number of benzene rings is 8. The molecule has 0 saturated carbocycles. The predicted octanol–water partition coefficient (Wildman–Crippen LogP) is 13.0. The van der Waals surface area contributed by atoms with E-state index in [4.69, 9.17) is 10.7 Å². The molecule has 10 rings (SSSR count). The number of aldehydes is 1. The van der Waals surface area contributed by atoms with Crippen LogP contribution in [0, 0.1) is 13.8 Å². The van der Waals surface area contributed by atoms with Crippen LogP contribution in [0.15, 0.2) is 187 Å². The van der Waals surface area contributed by atoms with Crippen LogP contribution in [0.3, 0.4) is 0 Å². The molecule has 10 aromatic rings. The molecule has 0 amide bonds. The number of carbonyl (C=O) groups excluding carboxylic acids is 1. The van der Waals surface area contributed by atoms with Crippen molar-refractivity contribution < 1.29 is 15.0 Å². The molecule has 0 unspecified atom stereocenters. The lowest BCUT2D eigenvalue weighted by atomic mass is 9.92. The molecule has 296 valence electrons. The van der Waals surface area contributed by atoms with Gasteiger partial charge in [-0.2, -0.15) is 0 Å². The first-order valence-corrected chi connectivity index (χ1v) is 19.9. The molecular formula is C54H42N4O3. The first-order valence-electron chi connectivity index (χ1n) is 19.9. The fourth-order valence-corrected chi connectivity index (χ4v) is 7.64. The number of aliphatic imine (C=N–C) groups is 1. The van der Waals surface area contributed by atoms with Gasteiger partial charge in [0.05, 0.1) is 17.6 Å². The predicted molar refractivity (Wildman–Crippen MR) is 252 cm³/mol. The molecule has 0 saturated heterocycles. The summed E-state index contributed by atoms with van der Waals surface area (Å²) >= 11 is 0. The zero-order valence-corrected chi connectivity index (χ0v) is 33.7. The second-order valence-corrected chi connectivity index (χ2v) is 14.6. The maximum absolute atomic E-state index is 10.9. The number of carbonyl (C=O) groups is 1. The molecule has 61 heavy (non-hydrogen) atoms. The Balaban J connectivity index is 0.000000144. The molecule has 7 nitrogen and oxygen atoms in total. The molecule has 0 spiro atoms. The van der Waals surface area contributed by atoms with E-state index in [1.807, 2.05) is 147 Å². The number of nitrogen functional groups attached to an aromatic ring is 1. The number of nitrogens with zero attached hydrogens (tertiary/aromatic N) is 3. The average molecular weight is 795 g/mol. The van der Waals surface area contributed by atoms with Crippen LogP contribution in [-0.2, 0) is 0 Å². The van der Waals surface area contributed by atoms with Crippen molar-refractivity contribution in [3.63, 3.8) is 0 Å². The van der Waals surface area contributed by atoms with Crippen LogP contribution in [0.1, 0.15) is 27.6 Å². The molecule has 0 bridgehead atoms. The monoisotopic (exact) mass is 794 g/mol. The molecule has 0 aliphatic heterocycles. The maximum atomic E-state index is 10.9. The van der Waals surface area contributed by atoms with Gasteiger partial charge in [0.2, 0.25) is 0 Å². The van der Waals surface area contributed by atoms with Gasteiger partial charge in [-0.3, -0.25) is 19.8 Å². The third kappa shape index (κ3) is 8.53. The summed E-state index contributed by atoms with van der Waals surface area (Å²) in [5.74, 6) is 0.497. The molecule has 0 aliphatic carbocycles. The zero-order valence-electron chi connectivity index (χ0n) is 33.7. The van der Waals surface area contributed by atoms with Gasteiger partial charge >= 0.3 is 0 Å². The summed E-state index contributed by atoms with van der Waals surface area (Å²) in [5.41, 5.74) is 14.3. The van der Waals surface area contributed by atoms with Gasteiger partial charge in [-0.25, -0.2) is 0 Å². The molecule has 0 fully saturated rings. The highest BCUT2D eigenvalue weighted by atomic mass is 16.3. The quantitative estimate of drug-likeness (QED) is 0.0906. The Hall–Kier alpha value is -8.16. The number of phenolic OH excluding ortho intramolecular Hbond substituents is 2. The Kier molecular flexibility index (Phi) is 11.6. The van der Waals surface area contributed by atoms with E-state index >= 15 is 0 Å². The average Bonchev–Trinajstić information content (AvgIpc) is 3.29. The van der Waals surface area contributed by atoms with E-state index < -0.39 is 0 Å². The molecule has 4 N–H and O–H groups in total. The van der Waals surface area contributed by atoms with Crippen molar-refractivity contribution >= 4 is 67.0 Å². The van der Waals surface area contributed by atoms with Crippen molar-refractivity contribution in [2.45, 2.75) is 13.8 Å². The fourth-order valence-electron chi connectivity index (χ4n) is 7.64. The van der Waals surface area contributed by atoms with Crippen molar-refractivity contribution in [3.05, 3.63) is 205 Å². The Bertz CT molecular complexity index is 3170. The standard InChI is InChI=1S/C27H20N2O.C20H15NO.C7H7NO/c1-18-7-6-10-21(29-18)17-28-24-15-13-19-8-2-4-11-22(19)26(24)27-23-12-5-3-9-20(23)14-16-25(27)30;21-17-11-9-13-5-1-3-7-15(13)19(17)20-16-8-4-2-6-14(16)10-12-18(20)22;1-6-3-2-4-7(5-9)8-6/h2-17,30H,1H3;1-12,22H,21H2;2-5H,1H3. The van der Waals surface area contributed by atoms with E-state index in [1.165, 1.54) is 0 Å². The normalized spacial score (nSPS) is 11.0. The molecule has 2 heterocycles. The minimum Gasteiger partial charge on any atom is -0.507 e. The van der Waals surface area contributed by atoms with Gasteiger partial charge in [0, 0.05) is 39.3 Å². The molecular weight excluding hydrogens is 753 g/mol. The van der Waals surface area contributed by atoms with Gasteiger partial charge in [-0.05, 0) is 105 Å². The molecule has 0 atom stereocenters. The lowest BCUT2D eigenvalue weighted by molar-refractivity contribution is 0.111. The number of aryl methyl sites for hydroxylation is 2. The van der Waals surface area contributed by atoms with Gasteiger partial charge in [0.25, 0.3) is 0 Å². The first kappa shape index (κ1) is 39.7. The number of aromatic nitrogens is 2. The largest absolute Gasteiger partial charge is 0.507 e. The topological polar surface area (TPSA) is 122 Å². The lowest BCUT2D eigenvalue weighted by Crippen LogP contribution is -1.93. The number of rotatable bonds is 5. The van der Waals surface area contributed by atoms with Crippen LogP contribution in [0.5, 0.6) is 11.5 Å². The van der Waals surface area contributed by atoms with E-state index in [0.717, 1.165) is 94.4 Å². The Morgan fingerprint density at radius 3 is 1.34 bits per heavy atom. The van der Waals surface area contributed by atoms with Gasteiger partial charge in [0.1, 0.15) is 17.2 Å². The van der Waals surface area contributed by atoms with Crippen LogP contribution in [0.2, 0.25) is 0 Å². The molecule has 7 heteroatoms. The second-order valence-electron chi connectivity index (χ2n) is 14.6. The SMILES string of the molecule is Cc1cccc(C=Nc2ccc3ccccc3c2-c2c(O)ccc3ccccc23)n1.Cc1cccc(C=O)n1.Nc1ccc2ccccc2c1-c1c(O)ccc2ccccc12. The third-order valence-electron chi connectivity index (χ3n) is 10.5. The van der Waals surface area contributed by atoms with E-state index in [-0.39, 0.29) is 11.5 Å². The molecule has 8 aromatic carbocycles. The van der Waals surface area contributed by atoms with Crippen LogP contribution >= 0.6 is 0 Å². The summed E-state index contributed by atoms with van der Waals surface area (Å²) in [4.78, 5) is 23.3. The van der Waals surface area contributed by atoms with Crippen LogP contribution in [0.4, 0.5) is 11.4 Å². The highest BCUT2D eigenvalue weighted by Crippen LogP contribution is 2.45. The van der Waals surface area contributed by atoms with Crippen LogP contribution in [0.25, 0.3) is 65.3 Å². The van der Waals surface area contributed by atoms with Crippen LogP contribution < -0.4 is 5.73 Å². The van der Waals surface area contributed by atoms with Gasteiger partial charge in [0.15, 0.2) is 6.29 Å². The number of anilines is 1. The number of hydrogen-bond acceptors (Lipinski definition) is 7. The van der Waals surface area contributed by atoms with Crippen molar-refractivity contribution in [2.24, 2.45) is 4.99 Å². The highest BCUT2D eigenvalue weighted by molar-refractivity contribution is 6.13. The Morgan fingerprint density at radius 1 is 0.443 bits per heavy atom. The number of hydrogen-bond donors (Lipinski definition) is 3. The number of phenols is 2. The summed E-state index contributed by atoms with van der Waals surface area (Å²) in [6, 6.07) is 59.0. The van der Waals surface area contributed by atoms with Crippen molar-refractivity contribution in [1.82, 2.24) is 9.97 Å². The van der Waals surface area contributed by atoms with E-state index in [9.17, 15) is 15.0 Å². The minimum atomic E-state index is 0.246. The lowest BCUT2D eigenvalue weighted by Gasteiger charge is -2.15. The van der Waals surface area contributed by atoms with Crippen LogP contribution in [-0.4, -0.2) is 32.7 Å². The summed E-state index contributed by atoms with van der Waals surface area (Å²) in [6.45, 7) is 3.82. The number of nitrogens with two attached hydrogens (primary N) is 1. The van der Waals surface area contributed by atoms with Gasteiger partial charge in [-0.15, -0.1) is 0 Å². The molecule has 0 aliphatic rings. The Morgan fingerprint density at radius 2 is 0.852 bits per heavy atom. The Labute approximate surface area is 353 Å². The fraction of sp³-hybridized carbons (Fsp3) is 0.0370. The maximum Gasteiger partial charge on any atom is 0.168 e. The summed E-state index contributed by atoms with van der Waals surface area (Å²) in [5, 5.41) is 29.9. The summed E-state index contributed by atoms with van der Waals surface area (Å²) < 4.78 is 0. The minimum absolute atomic E-state index is 0.246. The first-order chi connectivity index (χ1) is 29.8. The second kappa shape index (κ2) is 17.8. The third-order valence-corrected chi connectivity index (χ3v) is 10.5. The number of aromatic hydroxyl groups is 2. The van der Waals surface area contributed by atoms with Gasteiger partial charge < -0.3 is 15.9 Å². The van der Waals surface area contributed by atoms with E-state index in [0.29, 0.717) is 11.4 Å².